The summed E-state index contributed by atoms with van der Waals surface area (Å²) in [5.41, 5.74) is 11.6. The van der Waals surface area contributed by atoms with E-state index in [9.17, 15) is 0 Å². The van der Waals surface area contributed by atoms with E-state index in [-0.39, 0.29) is 0 Å². The molecule has 0 aliphatic rings. The number of nitrogens with zero attached hydrogens (tertiary/aromatic N) is 2. The van der Waals surface area contributed by atoms with Crippen LogP contribution in [-0.2, 0) is 6.54 Å². The lowest BCUT2D eigenvalue weighted by Gasteiger charge is -2.07. The van der Waals surface area contributed by atoms with Gasteiger partial charge in [-0.15, -0.1) is 0 Å². The molecule has 0 saturated carbocycles. The van der Waals surface area contributed by atoms with Gasteiger partial charge in [0.15, 0.2) is 0 Å². The third-order valence-corrected chi connectivity index (χ3v) is 3.26. The average molecular weight is 243 g/mol. The van der Waals surface area contributed by atoms with Crippen LogP contribution in [0.1, 0.15) is 36.7 Å². The lowest BCUT2D eigenvalue weighted by Crippen LogP contribution is -2.00. The summed E-state index contributed by atoms with van der Waals surface area (Å²) in [5.74, 6) is 0. The standard InChI is InChI=1S/C15H21N3/c1-10(2)18-9-15(12(4)17-18)14-6-5-13(8-16)7-11(14)3/h5-7,9-10H,8,16H2,1-4H3. The molecule has 0 bridgehead atoms. The number of rotatable bonds is 3. The normalized spacial score (nSPS) is 11.2. The molecular formula is C15H21N3. The molecule has 3 heteroatoms. The molecule has 0 amide bonds. The van der Waals surface area contributed by atoms with Crippen LogP contribution in [-0.4, -0.2) is 9.78 Å². The number of hydrogen-bond donors (Lipinski definition) is 1. The fourth-order valence-electron chi connectivity index (χ4n) is 2.17. The molecule has 0 saturated heterocycles. The second-order valence-corrected chi connectivity index (χ2v) is 5.06. The molecule has 18 heavy (non-hydrogen) atoms. The quantitative estimate of drug-likeness (QED) is 0.899. The van der Waals surface area contributed by atoms with Gasteiger partial charge in [-0.2, -0.15) is 5.10 Å². The molecule has 1 aromatic carbocycles. The van der Waals surface area contributed by atoms with Gasteiger partial charge in [0.2, 0.25) is 0 Å². The molecule has 0 unspecified atom stereocenters. The first-order valence-electron chi connectivity index (χ1n) is 6.38. The summed E-state index contributed by atoms with van der Waals surface area (Å²) in [5, 5.41) is 4.56. The Morgan fingerprint density at radius 3 is 2.44 bits per heavy atom. The zero-order valence-corrected chi connectivity index (χ0v) is 11.6. The van der Waals surface area contributed by atoms with Crippen molar-refractivity contribution in [3.8, 4) is 11.1 Å². The van der Waals surface area contributed by atoms with E-state index in [4.69, 9.17) is 5.73 Å². The number of nitrogens with two attached hydrogens (primary N) is 1. The van der Waals surface area contributed by atoms with Gasteiger partial charge in [-0.05, 0) is 44.4 Å². The average Bonchev–Trinajstić information content (AvgIpc) is 2.71. The number of aryl methyl sites for hydroxylation is 2. The van der Waals surface area contributed by atoms with Gasteiger partial charge in [0.05, 0.1) is 5.69 Å². The summed E-state index contributed by atoms with van der Waals surface area (Å²) >= 11 is 0. The Morgan fingerprint density at radius 1 is 1.22 bits per heavy atom. The fourth-order valence-corrected chi connectivity index (χ4v) is 2.17. The van der Waals surface area contributed by atoms with Crippen molar-refractivity contribution in [2.24, 2.45) is 5.73 Å². The highest BCUT2D eigenvalue weighted by Crippen LogP contribution is 2.27. The highest BCUT2D eigenvalue weighted by atomic mass is 15.3. The third kappa shape index (κ3) is 2.31. The van der Waals surface area contributed by atoms with Gasteiger partial charge in [0.25, 0.3) is 0 Å². The van der Waals surface area contributed by atoms with E-state index >= 15 is 0 Å². The molecule has 0 fully saturated rings. The summed E-state index contributed by atoms with van der Waals surface area (Å²) < 4.78 is 2.01. The Bertz CT molecular complexity index is 553. The lowest BCUT2D eigenvalue weighted by molar-refractivity contribution is 0.529. The summed E-state index contributed by atoms with van der Waals surface area (Å²) in [4.78, 5) is 0. The molecule has 2 N–H and O–H groups in total. The van der Waals surface area contributed by atoms with E-state index in [0.29, 0.717) is 12.6 Å². The molecule has 96 valence electrons. The molecule has 2 rings (SSSR count). The van der Waals surface area contributed by atoms with Gasteiger partial charge in [-0.3, -0.25) is 4.68 Å². The summed E-state index contributed by atoms with van der Waals surface area (Å²) in [6, 6.07) is 6.78. The smallest absolute Gasteiger partial charge is 0.0672 e. The van der Waals surface area contributed by atoms with Gasteiger partial charge in [0.1, 0.15) is 0 Å². The van der Waals surface area contributed by atoms with Crippen LogP contribution in [0.15, 0.2) is 24.4 Å². The minimum absolute atomic E-state index is 0.390. The van der Waals surface area contributed by atoms with E-state index in [0.717, 1.165) is 5.69 Å². The Hall–Kier alpha value is -1.61. The van der Waals surface area contributed by atoms with Crippen LogP contribution in [0.3, 0.4) is 0 Å². The number of aromatic nitrogens is 2. The molecule has 3 nitrogen and oxygen atoms in total. The lowest BCUT2D eigenvalue weighted by atomic mass is 9.99. The van der Waals surface area contributed by atoms with E-state index < -0.39 is 0 Å². The zero-order chi connectivity index (χ0) is 13.3. The van der Waals surface area contributed by atoms with Crippen LogP contribution in [0.4, 0.5) is 0 Å². The highest BCUT2D eigenvalue weighted by molar-refractivity contribution is 5.69. The SMILES string of the molecule is Cc1cc(CN)ccc1-c1cn(C(C)C)nc1C. The summed E-state index contributed by atoms with van der Waals surface area (Å²) in [7, 11) is 0. The third-order valence-electron chi connectivity index (χ3n) is 3.26. The highest BCUT2D eigenvalue weighted by Gasteiger charge is 2.11. The van der Waals surface area contributed by atoms with Gasteiger partial charge in [-0.1, -0.05) is 18.2 Å². The predicted molar refractivity (Wildman–Crippen MR) is 75.4 cm³/mol. The van der Waals surface area contributed by atoms with Crippen molar-refractivity contribution < 1.29 is 0 Å². The van der Waals surface area contributed by atoms with Gasteiger partial charge >= 0.3 is 0 Å². The molecule has 1 aromatic heterocycles. The maximum Gasteiger partial charge on any atom is 0.0672 e. The van der Waals surface area contributed by atoms with Crippen molar-refractivity contribution in [3.05, 3.63) is 41.2 Å². The maximum atomic E-state index is 5.66. The van der Waals surface area contributed by atoms with E-state index in [1.165, 1.54) is 22.3 Å². The van der Waals surface area contributed by atoms with Crippen LogP contribution < -0.4 is 5.73 Å². The molecular weight excluding hydrogens is 222 g/mol. The fraction of sp³-hybridized carbons (Fsp3) is 0.400. The van der Waals surface area contributed by atoms with Gasteiger partial charge in [-0.25, -0.2) is 0 Å². The van der Waals surface area contributed by atoms with Crippen LogP contribution in [0.5, 0.6) is 0 Å². The van der Waals surface area contributed by atoms with Crippen molar-refractivity contribution >= 4 is 0 Å². The second kappa shape index (κ2) is 4.94. The number of hydrogen-bond acceptors (Lipinski definition) is 2. The Kier molecular flexibility index (Phi) is 3.53. The Morgan fingerprint density at radius 2 is 1.94 bits per heavy atom. The predicted octanol–water partition coefficient (Wildman–Crippen LogP) is 3.21. The first-order chi connectivity index (χ1) is 8.52. The monoisotopic (exact) mass is 243 g/mol. The minimum atomic E-state index is 0.390. The van der Waals surface area contributed by atoms with E-state index in [1.54, 1.807) is 0 Å². The summed E-state index contributed by atoms with van der Waals surface area (Å²) in [6.45, 7) is 9.05. The molecule has 0 spiro atoms. The van der Waals surface area contributed by atoms with Crippen LogP contribution >= 0.6 is 0 Å². The van der Waals surface area contributed by atoms with Crippen molar-refractivity contribution in [1.82, 2.24) is 9.78 Å². The minimum Gasteiger partial charge on any atom is -0.326 e. The van der Waals surface area contributed by atoms with Crippen molar-refractivity contribution in [3.63, 3.8) is 0 Å². The van der Waals surface area contributed by atoms with Crippen molar-refractivity contribution in [2.75, 3.05) is 0 Å². The molecule has 0 aliphatic carbocycles. The molecule has 2 aromatic rings. The van der Waals surface area contributed by atoms with Crippen molar-refractivity contribution in [1.29, 1.82) is 0 Å². The van der Waals surface area contributed by atoms with Crippen LogP contribution in [0.2, 0.25) is 0 Å². The zero-order valence-electron chi connectivity index (χ0n) is 11.6. The Balaban J connectivity index is 2.48. The van der Waals surface area contributed by atoms with Crippen molar-refractivity contribution in [2.45, 2.75) is 40.3 Å². The topological polar surface area (TPSA) is 43.8 Å². The van der Waals surface area contributed by atoms with Crippen LogP contribution in [0, 0.1) is 13.8 Å². The molecule has 1 heterocycles. The van der Waals surface area contributed by atoms with Gasteiger partial charge < -0.3 is 5.73 Å². The maximum absolute atomic E-state index is 5.66. The Labute approximate surface area is 109 Å². The van der Waals surface area contributed by atoms with Crippen LogP contribution in [0.25, 0.3) is 11.1 Å². The summed E-state index contributed by atoms with van der Waals surface area (Å²) in [6.07, 6.45) is 2.13. The van der Waals surface area contributed by atoms with E-state index in [1.807, 2.05) is 4.68 Å². The van der Waals surface area contributed by atoms with Gasteiger partial charge in [0, 0.05) is 24.3 Å². The number of benzene rings is 1. The molecule has 0 atom stereocenters. The largest absolute Gasteiger partial charge is 0.326 e. The van der Waals surface area contributed by atoms with E-state index in [2.05, 4.69) is 57.2 Å². The first-order valence-corrected chi connectivity index (χ1v) is 6.38. The first kappa shape index (κ1) is 12.8. The molecule has 0 aliphatic heterocycles. The molecule has 0 radical (unpaired) electrons. The second-order valence-electron chi connectivity index (χ2n) is 5.06.